The van der Waals surface area contributed by atoms with Gasteiger partial charge in [0.05, 0.1) is 21.2 Å². The molecule has 0 spiro atoms. The Morgan fingerprint density at radius 3 is 2.69 bits per heavy atom. The Labute approximate surface area is 152 Å². The van der Waals surface area contributed by atoms with Gasteiger partial charge in [-0.05, 0) is 12.3 Å². The maximum atomic E-state index is 13.1. The molecular formula is C18H10ClN3O4. The molecule has 7 nitrogen and oxygen atoms in total. The van der Waals surface area contributed by atoms with Gasteiger partial charge >= 0.3 is 0 Å². The summed E-state index contributed by atoms with van der Waals surface area (Å²) in [5.41, 5.74) is 0.410. The zero-order chi connectivity index (χ0) is 18.4. The first kappa shape index (κ1) is 16.2. The highest BCUT2D eigenvalue weighted by Crippen LogP contribution is 2.41. The number of nitrogens with zero attached hydrogens (tertiary/aromatic N) is 2. The Hall–Kier alpha value is -3.32. The number of dihydropyridines is 1. The standard InChI is InChI=1S/C18H10ClN3O4/c19-11-6-8-21-16-14(11)17(23)13-10(5-7-20-15(13)18(16)24)9-3-1-2-4-12(9)22(25)26/h1-8,10,20H. The highest BCUT2D eigenvalue weighted by atomic mass is 35.5. The van der Waals surface area contributed by atoms with E-state index in [1.807, 2.05) is 0 Å². The third-order valence-corrected chi connectivity index (χ3v) is 4.69. The Kier molecular flexibility index (Phi) is 3.66. The number of halogens is 1. The largest absolute Gasteiger partial charge is 0.358 e. The first-order valence-electron chi connectivity index (χ1n) is 7.65. The summed E-state index contributed by atoms with van der Waals surface area (Å²) in [7, 11) is 0. The summed E-state index contributed by atoms with van der Waals surface area (Å²) in [6.07, 6.45) is 4.47. The van der Waals surface area contributed by atoms with Crippen LogP contribution < -0.4 is 5.32 Å². The summed E-state index contributed by atoms with van der Waals surface area (Å²) >= 11 is 6.13. The number of carbonyl (C=O) groups excluding carboxylic acids is 2. The molecule has 0 saturated carbocycles. The maximum Gasteiger partial charge on any atom is 0.273 e. The second-order valence-corrected chi connectivity index (χ2v) is 6.17. The molecule has 8 heteroatoms. The van der Waals surface area contributed by atoms with Crippen molar-refractivity contribution in [3.05, 3.63) is 92.0 Å². The summed E-state index contributed by atoms with van der Waals surface area (Å²) in [5, 5.41) is 14.3. The van der Waals surface area contributed by atoms with E-state index >= 15 is 0 Å². The molecule has 128 valence electrons. The highest BCUT2D eigenvalue weighted by Gasteiger charge is 2.40. The lowest BCUT2D eigenvalue weighted by atomic mass is 9.78. The SMILES string of the molecule is O=C1C2=C(C(=O)c3c(Cl)ccnc31)C(c1ccccc1[N+](=O)[O-])C=CN2. The number of benzene rings is 1. The molecule has 2 heterocycles. The minimum atomic E-state index is -0.742. The number of aromatic nitrogens is 1. The Morgan fingerprint density at radius 1 is 1.15 bits per heavy atom. The number of nitrogens with one attached hydrogen (secondary N) is 1. The van der Waals surface area contributed by atoms with E-state index in [9.17, 15) is 19.7 Å². The van der Waals surface area contributed by atoms with E-state index in [-0.39, 0.29) is 33.2 Å². The van der Waals surface area contributed by atoms with E-state index < -0.39 is 22.4 Å². The van der Waals surface area contributed by atoms with Crippen LogP contribution in [0.3, 0.4) is 0 Å². The van der Waals surface area contributed by atoms with Crippen molar-refractivity contribution in [3.8, 4) is 0 Å². The van der Waals surface area contributed by atoms with E-state index in [1.165, 1.54) is 24.5 Å². The fourth-order valence-corrected chi connectivity index (χ4v) is 3.49. The number of ketones is 2. The number of fused-ring (bicyclic) bond motifs is 1. The molecule has 1 aromatic heterocycles. The molecule has 2 aliphatic rings. The van der Waals surface area contributed by atoms with Crippen LogP contribution in [-0.4, -0.2) is 21.5 Å². The lowest BCUT2D eigenvalue weighted by Crippen LogP contribution is -2.33. The lowest BCUT2D eigenvalue weighted by Gasteiger charge is -2.28. The van der Waals surface area contributed by atoms with Gasteiger partial charge in [-0.15, -0.1) is 0 Å². The number of hydrogen-bond acceptors (Lipinski definition) is 6. The number of pyridine rings is 1. The van der Waals surface area contributed by atoms with E-state index in [1.54, 1.807) is 24.3 Å². The van der Waals surface area contributed by atoms with Crippen LogP contribution in [0.2, 0.25) is 5.02 Å². The fraction of sp³-hybridized carbons (Fsp3) is 0.0556. The Morgan fingerprint density at radius 2 is 1.92 bits per heavy atom. The van der Waals surface area contributed by atoms with E-state index in [0.29, 0.717) is 5.56 Å². The number of nitro benzene ring substituents is 1. The van der Waals surface area contributed by atoms with Crippen molar-refractivity contribution in [3.63, 3.8) is 0 Å². The molecule has 0 amide bonds. The molecule has 1 aromatic carbocycles. The Balaban J connectivity index is 1.94. The molecule has 1 unspecified atom stereocenters. The van der Waals surface area contributed by atoms with Crippen molar-refractivity contribution in [1.29, 1.82) is 0 Å². The summed E-state index contributed by atoms with van der Waals surface area (Å²) in [6.45, 7) is 0. The van der Waals surface area contributed by atoms with Gasteiger partial charge in [0, 0.05) is 29.3 Å². The zero-order valence-electron chi connectivity index (χ0n) is 13.1. The number of para-hydroxylation sites is 1. The quantitative estimate of drug-likeness (QED) is 0.646. The first-order chi connectivity index (χ1) is 12.5. The molecule has 1 N–H and O–H groups in total. The smallest absolute Gasteiger partial charge is 0.273 e. The number of nitro groups is 1. The van der Waals surface area contributed by atoms with Crippen LogP contribution in [-0.2, 0) is 0 Å². The van der Waals surface area contributed by atoms with Crippen molar-refractivity contribution in [1.82, 2.24) is 10.3 Å². The summed E-state index contributed by atoms with van der Waals surface area (Å²) < 4.78 is 0. The Bertz CT molecular complexity index is 1060. The van der Waals surface area contributed by atoms with Crippen LogP contribution in [0.15, 0.2) is 60.1 Å². The highest BCUT2D eigenvalue weighted by molar-refractivity contribution is 6.38. The van der Waals surface area contributed by atoms with Crippen LogP contribution in [0.25, 0.3) is 0 Å². The molecule has 0 radical (unpaired) electrons. The van der Waals surface area contributed by atoms with Gasteiger partial charge in [0.15, 0.2) is 5.78 Å². The minimum Gasteiger partial charge on any atom is -0.358 e. The fourth-order valence-electron chi connectivity index (χ4n) is 3.26. The molecule has 4 rings (SSSR count). The van der Waals surface area contributed by atoms with Crippen LogP contribution in [0.1, 0.15) is 32.3 Å². The van der Waals surface area contributed by atoms with E-state index in [4.69, 9.17) is 11.6 Å². The number of hydrogen-bond donors (Lipinski definition) is 1. The second-order valence-electron chi connectivity index (χ2n) is 5.76. The minimum absolute atomic E-state index is 0.0228. The summed E-state index contributed by atoms with van der Waals surface area (Å²) in [4.78, 5) is 40.8. The van der Waals surface area contributed by atoms with Crippen molar-refractivity contribution in [2.24, 2.45) is 0 Å². The number of carbonyl (C=O) groups is 2. The van der Waals surface area contributed by atoms with Crippen molar-refractivity contribution < 1.29 is 14.5 Å². The third kappa shape index (κ3) is 2.25. The molecule has 1 atom stereocenters. The van der Waals surface area contributed by atoms with Gasteiger partial charge < -0.3 is 5.32 Å². The number of rotatable bonds is 2. The molecule has 1 aliphatic carbocycles. The summed E-state index contributed by atoms with van der Waals surface area (Å²) in [6, 6.07) is 7.56. The van der Waals surface area contributed by atoms with Gasteiger partial charge in [-0.1, -0.05) is 35.9 Å². The molecule has 2 aromatic rings. The van der Waals surface area contributed by atoms with Crippen LogP contribution in [0, 0.1) is 10.1 Å². The topological polar surface area (TPSA) is 102 Å². The molecular weight excluding hydrogens is 358 g/mol. The molecule has 0 saturated heterocycles. The third-order valence-electron chi connectivity index (χ3n) is 4.38. The van der Waals surface area contributed by atoms with Crippen molar-refractivity contribution >= 4 is 28.9 Å². The lowest BCUT2D eigenvalue weighted by molar-refractivity contribution is -0.385. The predicted molar refractivity (Wildman–Crippen MR) is 93.0 cm³/mol. The number of allylic oxidation sites excluding steroid dienone is 3. The predicted octanol–water partition coefficient (Wildman–Crippen LogP) is 3.18. The van der Waals surface area contributed by atoms with Gasteiger partial charge in [0.25, 0.3) is 5.69 Å². The maximum absolute atomic E-state index is 13.1. The molecule has 0 fully saturated rings. The van der Waals surface area contributed by atoms with Gasteiger partial charge in [-0.3, -0.25) is 24.7 Å². The van der Waals surface area contributed by atoms with Gasteiger partial charge in [-0.25, -0.2) is 0 Å². The van der Waals surface area contributed by atoms with Gasteiger partial charge in [0.2, 0.25) is 5.78 Å². The van der Waals surface area contributed by atoms with Gasteiger partial charge in [0.1, 0.15) is 5.69 Å². The van der Waals surface area contributed by atoms with Crippen LogP contribution >= 0.6 is 11.6 Å². The zero-order valence-corrected chi connectivity index (χ0v) is 13.9. The summed E-state index contributed by atoms with van der Waals surface area (Å²) in [5.74, 6) is -1.67. The number of Topliss-reactive ketones (excluding diaryl/α,β-unsaturated/α-hetero) is 2. The van der Waals surface area contributed by atoms with E-state index in [0.717, 1.165) is 0 Å². The van der Waals surface area contributed by atoms with Gasteiger partial charge in [-0.2, -0.15) is 0 Å². The van der Waals surface area contributed by atoms with Crippen LogP contribution in [0.4, 0.5) is 5.69 Å². The van der Waals surface area contributed by atoms with E-state index in [2.05, 4.69) is 10.3 Å². The molecule has 26 heavy (non-hydrogen) atoms. The van der Waals surface area contributed by atoms with Crippen molar-refractivity contribution in [2.75, 3.05) is 0 Å². The normalized spacial score (nSPS) is 18.3. The molecule has 0 bridgehead atoms. The van der Waals surface area contributed by atoms with Crippen molar-refractivity contribution in [2.45, 2.75) is 5.92 Å². The molecule has 1 aliphatic heterocycles. The average molecular weight is 368 g/mol. The average Bonchev–Trinajstić information content (AvgIpc) is 2.65. The first-order valence-corrected chi connectivity index (χ1v) is 8.03. The second kappa shape index (κ2) is 5.89. The van der Waals surface area contributed by atoms with Crippen LogP contribution in [0.5, 0.6) is 0 Å². The monoisotopic (exact) mass is 367 g/mol.